The SMILES string of the molecule is CCCN(C)C(=O)c1cc2c(cc1N)OCO2. The standard InChI is InChI=1S/C12H16N2O3/c1-3-4-14(2)12(15)8-5-10-11(6-9(8)13)17-7-16-10/h5-6H,3-4,7,13H2,1-2H3. The second-order valence-corrected chi connectivity index (χ2v) is 4.02. The molecule has 0 saturated heterocycles. The first-order valence-electron chi connectivity index (χ1n) is 5.58. The molecule has 17 heavy (non-hydrogen) atoms. The summed E-state index contributed by atoms with van der Waals surface area (Å²) in [5.41, 5.74) is 6.73. The van der Waals surface area contributed by atoms with Gasteiger partial charge < -0.3 is 20.1 Å². The molecule has 0 spiro atoms. The minimum absolute atomic E-state index is 0.0948. The number of benzene rings is 1. The van der Waals surface area contributed by atoms with Crippen molar-refractivity contribution >= 4 is 11.6 Å². The Labute approximate surface area is 100 Å². The van der Waals surface area contributed by atoms with E-state index in [1.807, 2.05) is 6.92 Å². The maximum atomic E-state index is 12.1. The van der Waals surface area contributed by atoms with Gasteiger partial charge in [-0.25, -0.2) is 0 Å². The largest absolute Gasteiger partial charge is 0.454 e. The summed E-state index contributed by atoms with van der Waals surface area (Å²) < 4.78 is 10.4. The van der Waals surface area contributed by atoms with Crippen LogP contribution in [0.2, 0.25) is 0 Å². The van der Waals surface area contributed by atoms with E-state index in [-0.39, 0.29) is 12.7 Å². The average Bonchev–Trinajstić information content (AvgIpc) is 2.74. The van der Waals surface area contributed by atoms with Gasteiger partial charge in [-0.05, 0) is 12.5 Å². The van der Waals surface area contributed by atoms with E-state index in [1.165, 1.54) is 0 Å². The van der Waals surface area contributed by atoms with Crippen LogP contribution in [-0.4, -0.2) is 31.2 Å². The fourth-order valence-electron chi connectivity index (χ4n) is 1.79. The first-order chi connectivity index (χ1) is 8.13. The monoisotopic (exact) mass is 236 g/mol. The lowest BCUT2D eigenvalue weighted by molar-refractivity contribution is 0.0795. The zero-order valence-electron chi connectivity index (χ0n) is 10.0. The van der Waals surface area contributed by atoms with Crippen LogP contribution in [-0.2, 0) is 0 Å². The average molecular weight is 236 g/mol. The van der Waals surface area contributed by atoms with Crippen LogP contribution in [0.4, 0.5) is 5.69 Å². The number of anilines is 1. The maximum absolute atomic E-state index is 12.1. The molecule has 1 aromatic rings. The number of hydrogen-bond acceptors (Lipinski definition) is 4. The molecular formula is C12H16N2O3. The second-order valence-electron chi connectivity index (χ2n) is 4.02. The summed E-state index contributed by atoms with van der Waals surface area (Å²) in [5, 5.41) is 0. The van der Waals surface area contributed by atoms with E-state index >= 15 is 0 Å². The topological polar surface area (TPSA) is 64.8 Å². The van der Waals surface area contributed by atoms with Gasteiger partial charge in [0.15, 0.2) is 11.5 Å². The van der Waals surface area contributed by atoms with Gasteiger partial charge >= 0.3 is 0 Å². The van der Waals surface area contributed by atoms with Crippen LogP contribution in [0.15, 0.2) is 12.1 Å². The predicted octanol–water partition coefficient (Wildman–Crippen LogP) is 1.48. The summed E-state index contributed by atoms with van der Waals surface area (Å²) in [7, 11) is 1.76. The lowest BCUT2D eigenvalue weighted by Gasteiger charge is -2.17. The summed E-state index contributed by atoms with van der Waals surface area (Å²) in [6.07, 6.45) is 0.909. The summed E-state index contributed by atoms with van der Waals surface area (Å²) in [5.74, 6) is 1.08. The zero-order chi connectivity index (χ0) is 12.4. The number of amides is 1. The molecule has 1 aromatic carbocycles. The maximum Gasteiger partial charge on any atom is 0.255 e. The van der Waals surface area contributed by atoms with Crippen LogP contribution in [0.3, 0.4) is 0 Å². The van der Waals surface area contributed by atoms with Crippen molar-refractivity contribution in [1.29, 1.82) is 0 Å². The molecule has 1 heterocycles. The van der Waals surface area contributed by atoms with Gasteiger partial charge in [-0.1, -0.05) is 6.92 Å². The number of nitrogen functional groups attached to an aromatic ring is 1. The van der Waals surface area contributed by atoms with Crippen LogP contribution >= 0.6 is 0 Å². The molecule has 0 aromatic heterocycles. The third-order valence-electron chi connectivity index (χ3n) is 2.68. The Morgan fingerprint density at radius 2 is 2.06 bits per heavy atom. The molecule has 0 atom stereocenters. The first kappa shape index (κ1) is 11.6. The van der Waals surface area contributed by atoms with Crippen LogP contribution in [0.25, 0.3) is 0 Å². The molecule has 0 saturated carbocycles. The van der Waals surface area contributed by atoms with Gasteiger partial charge in [-0.2, -0.15) is 0 Å². The van der Waals surface area contributed by atoms with Crippen LogP contribution in [0.5, 0.6) is 11.5 Å². The van der Waals surface area contributed by atoms with Gasteiger partial charge in [0.05, 0.1) is 5.56 Å². The highest BCUT2D eigenvalue weighted by molar-refractivity contribution is 6.00. The van der Waals surface area contributed by atoms with Crippen LogP contribution < -0.4 is 15.2 Å². The van der Waals surface area contributed by atoms with Crippen molar-refractivity contribution in [1.82, 2.24) is 4.90 Å². The zero-order valence-corrected chi connectivity index (χ0v) is 10.0. The number of carbonyl (C=O) groups is 1. The van der Waals surface area contributed by atoms with Crippen LogP contribution in [0, 0.1) is 0 Å². The highest BCUT2D eigenvalue weighted by atomic mass is 16.7. The van der Waals surface area contributed by atoms with E-state index in [2.05, 4.69) is 0 Å². The van der Waals surface area contributed by atoms with E-state index in [0.717, 1.165) is 6.42 Å². The quantitative estimate of drug-likeness (QED) is 0.807. The fraction of sp³-hybridized carbons (Fsp3) is 0.417. The Hall–Kier alpha value is -1.91. The third-order valence-corrected chi connectivity index (χ3v) is 2.68. The Balaban J connectivity index is 2.29. The van der Waals surface area contributed by atoms with Crippen molar-refractivity contribution < 1.29 is 14.3 Å². The van der Waals surface area contributed by atoms with E-state index in [0.29, 0.717) is 29.3 Å². The summed E-state index contributed by atoms with van der Waals surface area (Å²) in [6.45, 7) is 2.90. The Morgan fingerprint density at radius 3 is 2.71 bits per heavy atom. The van der Waals surface area contributed by atoms with Crippen molar-refractivity contribution in [2.24, 2.45) is 0 Å². The van der Waals surface area contributed by atoms with Crippen molar-refractivity contribution in [3.05, 3.63) is 17.7 Å². The minimum Gasteiger partial charge on any atom is -0.454 e. The number of nitrogens with two attached hydrogens (primary N) is 1. The molecule has 5 nitrogen and oxygen atoms in total. The lowest BCUT2D eigenvalue weighted by atomic mass is 10.1. The lowest BCUT2D eigenvalue weighted by Crippen LogP contribution is -2.28. The normalized spacial score (nSPS) is 12.6. The first-order valence-corrected chi connectivity index (χ1v) is 5.58. The Kier molecular flexibility index (Phi) is 3.08. The molecular weight excluding hydrogens is 220 g/mol. The third kappa shape index (κ3) is 2.13. The molecule has 1 aliphatic heterocycles. The van der Waals surface area contributed by atoms with Crippen LogP contribution in [0.1, 0.15) is 23.7 Å². The van der Waals surface area contributed by atoms with Crippen molar-refractivity contribution in [2.75, 3.05) is 26.1 Å². The fourth-order valence-corrected chi connectivity index (χ4v) is 1.79. The smallest absolute Gasteiger partial charge is 0.255 e. The summed E-state index contributed by atoms with van der Waals surface area (Å²) in [4.78, 5) is 13.8. The van der Waals surface area contributed by atoms with Gasteiger partial charge in [-0.15, -0.1) is 0 Å². The number of nitrogens with zero attached hydrogens (tertiary/aromatic N) is 1. The molecule has 0 bridgehead atoms. The summed E-state index contributed by atoms with van der Waals surface area (Å²) in [6, 6.07) is 3.28. The molecule has 0 unspecified atom stereocenters. The molecule has 0 radical (unpaired) electrons. The predicted molar refractivity (Wildman–Crippen MR) is 64.2 cm³/mol. The molecule has 0 fully saturated rings. The van der Waals surface area contributed by atoms with E-state index in [1.54, 1.807) is 24.1 Å². The molecule has 2 N–H and O–H groups in total. The number of carbonyl (C=O) groups excluding carboxylic acids is 1. The second kappa shape index (κ2) is 4.53. The highest BCUT2D eigenvalue weighted by Gasteiger charge is 2.21. The van der Waals surface area contributed by atoms with E-state index in [9.17, 15) is 4.79 Å². The highest BCUT2D eigenvalue weighted by Crippen LogP contribution is 2.36. The number of fused-ring (bicyclic) bond motifs is 1. The van der Waals surface area contributed by atoms with Gasteiger partial charge in [0.25, 0.3) is 5.91 Å². The number of hydrogen-bond donors (Lipinski definition) is 1. The molecule has 0 aliphatic carbocycles. The van der Waals surface area contributed by atoms with Crippen molar-refractivity contribution in [3.63, 3.8) is 0 Å². The molecule has 1 aliphatic rings. The van der Waals surface area contributed by atoms with E-state index < -0.39 is 0 Å². The number of ether oxygens (including phenoxy) is 2. The van der Waals surface area contributed by atoms with Gasteiger partial charge in [-0.3, -0.25) is 4.79 Å². The Morgan fingerprint density at radius 1 is 1.41 bits per heavy atom. The minimum atomic E-state index is -0.0948. The molecule has 5 heteroatoms. The van der Waals surface area contributed by atoms with Gasteiger partial charge in [0.1, 0.15) is 0 Å². The van der Waals surface area contributed by atoms with Crippen molar-refractivity contribution in [3.8, 4) is 11.5 Å². The molecule has 92 valence electrons. The number of rotatable bonds is 3. The Bertz CT molecular complexity index is 446. The van der Waals surface area contributed by atoms with Crippen molar-refractivity contribution in [2.45, 2.75) is 13.3 Å². The van der Waals surface area contributed by atoms with E-state index in [4.69, 9.17) is 15.2 Å². The van der Waals surface area contributed by atoms with Gasteiger partial charge in [0, 0.05) is 25.3 Å². The van der Waals surface area contributed by atoms with Gasteiger partial charge in [0.2, 0.25) is 6.79 Å². The molecule has 1 amide bonds. The summed E-state index contributed by atoms with van der Waals surface area (Å²) >= 11 is 0. The molecule has 2 rings (SSSR count).